The monoisotopic (exact) mass is 396 g/mol. The second kappa shape index (κ2) is 9.73. The predicted molar refractivity (Wildman–Crippen MR) is 108 cm³/mol. The number of carbonyl (C=O) groups is 3. The van der Waals surface area contributed by atoms with E-state index in [-0.39, 0.29) is 31.4 Å². The minimum absolute atomic E-state index is 0.0195. The van der Waals surface area contributed by atoms with Crippen molar-refractivity contribution in [1.29, 1.82) is 0 Å². The number of unbranched alkanes of at least 4 members (excludes halogenated alkanes) is 1. The van der Waals surface area contributed by atoms with Gasteiger partial charge in [0.05, 0.1) is 0 Å². The van der Waals surface area contributed by atoms with Gasteiger partial charge in [-0.2, -0.15) is 0 Å². The lowest BCUT2D eigenvalue weighted by Crippen LogP contribution is -2.29. The molecule has 2 amide bonds. The summed E-state index contributed by atoms with van der Waals surface area (Å²) in [5.74, 6) is -1.37. The number of carboxylic acid groups (broad SMARTS) is 1. The molecule has 0 atom stereocenters. The molecule has 0 spiro atoms. The van der Waals surface area contributed by atoms with Crippen molar-refractivity contribution in [1.82, 2.24) is 10.6 Å². The lowest BCUT2D eigenvalue weighted by Gasteiger charge is -2.14. The van der Waals surface area contributed by atoms with Crippen molar-refractivity contribution in [3.05, 3.63) is 59.7 Å². The zero-order chi connectivity index (χ0) is 20.6. The Labute approximate surface area is 169 Å². The molecule has 1 aliphatic carbocycles. The van der Waals surface area contributed by atoms with Crippen LogP contribution in [0, 0.1) is 0 Å². The lowest BCUT2D eigenvalue weighted by molar-refractivity contribution is -0.137. The van der Waals surface area contributed by atoms with Crippen LogP contribution in [0.5, 0.6) is 0 Å². The maximum absolute atomic E-state index is 12.0. The van der Waals surface area contributed by atoms with Gasteiger partial charge in [0.15, 0.2) is 0 Å². The number of amides is 2. The lowest BCUT2D eigenvalue weighted by atomic mass is 9.98. The van der Waals surface area contributed by atoms with Crippen molar-refractivity contribution < 1.29 is 24.2 Å². The number of fused-ring (bicyclic) bond motifs is 3. The summed E-state index contributed by atoms with van der Waals surface area (Å²) in [6.45, 7) is 0.275. The number of carbonyl (C=O) groups excluding carboxylic acids is 2. The second-order valence-corrected chi connectivity index (χ2v) is 6.88. The van der Waals surface area contributed by atoms with Crippen LogP contribution in [0.15, 0.2) is 48.5 Å². The van der Waals surface area contributed by atoms with Gasteiger partial charge >= 0.3 is 12.1 Å². The van der Waals surface area contributed by atoms with Gasteiger partial charge in [-0.05, 0) is 35.1 Å². The van der Waals surface area contributed by atoms with Crippen LogP contribution in [0.1, 0.15) is 36.3 Å². The second-order valence-electron chi connectivity index (χ2n) is 6.88. The van der Waals surface area contributed by atoms with Gasteiger partial charge in [0, 0.05) is 18.9 Å². The summed E-state index contributed by atoms with van der Waals surface area (Å²) in [4.78, 5) is 33.8. The fraction of sp³-hybridized carbons (Fsp3) is 0.318. The van der Waals surface area contributed by atoms with Crippen LogP contribution in [0.4, 0.5) is 4.79 Å². The van der Waals surface area contributed by atoms with E-state index in [0.717, 1.165) is 11.1 Å². The molecular weight excluding hydrogens is 372 g/mol. The number of rotatable bonds is 9. The molecule has 3 N–H and O–H groups in total. The molecule has 7 nitrogen and oxygen atoms in total. The van der Waals surface area contributed by atoms with Gasteiger partial charge in [-0.25, -0.2) is 4.79 Å². The first-order valence-electron chi connectivity index (χ1n) is 9.63. The number of hydrogen-bond donors (Lipinski definition) is 3. The predicted octanol–water partition coefficient (Wildman–Crippen LogP) is 2.90. The normalized spacial score (nSPS) is 12.0. The largest absolute Gasteiger partial charge is 0.480 e. The van der Waals surface area contributed by atoms with Gasteiger partial charge < -0.3 is 20.5 Å². The Morgan fingerprint density at radius 2 is 1.52 bits per heavy atom. The maximum Gasteiger partial charge on any atom is 0.407 e. The van der Waals surface area contributed by atoms with Crippen LogP contribution in [0.2, 0.25) is 0 Å². The smallest absolute Gasteiger partial charge is 0.407 e. The topological polar surface area (TPSA) is 105 Å². The van der Waals surface area contributed by atoms with E-state index in [1.54, 1.807) is 0 Å². The van der Waals surface area contributed by atoms with Crippen molar-refractivity contribution in [2.24, 2.45) is 0 Å². The standard InChI is InChI=1S/C22H24N2O5/c25-20(24-13-21(26)27)11-5-6-12-23-22(28)29-14-19-17-9-3-1-7-15(17)16-8-2-4-10-18(16)19/h1-4,7-10,19H,5-6,11-14H2,(H,23,28)(H,24,25)(H,26,27). The van der Waals surface area contributed by atoms with E-state index in [1.165, 1.54) is 11.1 Å². The summed E-state index contributed by atoms with van der Waals surface area (Å²) in [7, 11) is 0. The molecule has 1 aliphatic rings. The van der Waals surface area contributed by atoms with Crippen molar-refractivity contribution in [2.45, 2.75) is 25.2 Å². The quantitative estimate of drug-likeness (QED) is 0.565. The average Bonchev–Trinajstić information content (AvgIpc) is 3.04. The molecule has 0 radical (unpaired) electrons. The minimum Gasteiger partial charge on any atom is -0.480 e. The van der Waals surface area contributed by atoms with E-state index >= 15 is 0 Å². The number of alkyl carbamates (subject to hydrolysis) is 1. The minimum atomic E-state index is -1.07. The first-order valence-corrected chi connectivity index (χ1v) is 9.63. The Morgan fingerprint density at radius 3 is 2.14 bits per heavy atom. The molecular formula is C22H24N2O5. The molecule has 2 aromatic rings. The number of aliphatic carboxylic acids is 1. The van der Waals surface area contributed by atoms with Gasteiger partial charge in [-0.1, -0.05) is 48.5 Å². The zero-order valence-corrected chi connectivity index (χ0v) is 16.0. The Bertz CT molecular complexity index is 851. The number of ether oxygens (including phenoxy) is 1. The molecule has 0 saturated carbocycles. The van der Waals surface area contributed by atoms with Gasteiger partial charge in [0.2, 0.25) is 5.91 Å². The SMILES string of the molecule is O=C(O)CNC(=O)CCCCNC(=O)OCC1c2ccccc2-c2ccccc21. The molecule has 3 rings (SSSR count). The first-order chi connectivity index (χ1) is 14.1. The highest BCUT2D eigenvalue weighted by Gasteiger charge is 2.28. The van der Waals surface area contributed by atoms with Crippen LogP contribution < -0.4 is 10.6 Å². The highest BCUT2D eigenvalue weighted by atomic mass is 16.5. The van der Waals surface area contributed by atoms with Crippen LogP contribution >= 0.6 is 0 Å². The van der Waals surface area contributed by atoms with Crippen LogP contribution in [-0.2, 0) is 14.3 Å². The third-order valence-electron chi connectivity index (χ3n) is 4.88. The summed E-state index contributed by atoms with van der Waals surface area (Å²) in [6, 6.07) is 16.3. The van der Waals surface area contributed by atoms with Crippen molar-refractivity contribution in [2.75, 3.05) is 19.7 Å². The number of carboxylic acids is 1. The summed E-state index contributed by atoms with van der Waals surface area (Å²) in [6.07, 6.45) is 0.890. The molecule has 152 valence electrons. The Morgan fingerprint density at radius 1 is 0.897 bits per heavy atom. The van der Waals surface area contributed by atoms with Gasteiger partial charge in [-0.3, -0.25) is 9.59 Å². The van der Waals surface area contributed by atoms with E-state index in [9.17, 15) is 14.4 Å². The van der Waals surface area contributed by atoms with E-state index in [1.807, 2.05) is 24.3 Å². The van der Waals surface area contributed by atoms with E-state index in [2.05, 4.69) is 34.9 Å². The van der Waals surface area contributed by atoms with Crippen molar-refractivity contribution in [3.63, 3.8) is 0 Å². The molecule has 2 aromatic carbocycles. The van der Waals surface area contributed by atoms with E-state index < -0.39 is 12.1 Å². The number of benzene rings is 2. The first kappa shape index (κ1) is 20.4. The molecule has 0 fully saturated rings. The highest BCUT2D eigenvalue weighted by Crippen LogP contribution is 2.44. The average molecular weight is 396 g/mol. The van der Waals surface area contributed by atoms with E-state index in [0.29, 0.717) is 19.4 Å². The maximum atomic E-state index is 12.0. The number of hydrogen-bond acceptors (Lipinski definition) is 4. The summed E-state index contributed by atoms with van der Waals surface area (Å²) < 4.78 is 5.44. The molecule has 0 unspecified atom stereocenters. The third kappa shape index (κ3) is 5.34. The highest BCUT2D eigenvalue weighted by molar-refractivity contribution is 5.81. The fourth-order valence-corrected chi connectivity index (χ4v) is 3.51. The Balaban J connectivity index is 1.40. The molecule has 0 saturated heterocycles. The number of nitrogens with one attached hydrogen (secondary N) is 2. The molecule has 0 heterocycles. The summed E-state index contributed by atoms with van der Waals surface area (Å²) >= 11 is 0. The van der Waals surface area contributed by atoms with Crippen LogP contribution in [0.3, 0.4) is 0 Å². The Kier molecular flexibility index (Phi) is 6.84. The third-order valence-corrected chi connectivity index (χ3v) is 4.88. The Hall–Kier alpha value is -3.35. The molecule has 0 aliphatic heterocycles. The van der Waals surface area contributed by atoms with E-state index in [4.69, 9.17) is 9.84 Å². The fourth-order valence-electron chi connectivity index (χ4n) is 3.51. The molecule has 0 aromatic heterocycles. The molecule has 0 bridgehead atoms. The zero-order valence-electron chi connectivity index (χ0n) is 16.0. The van der Waals surface area contributed by atoms with Crippen molar-refractivity contribution in [3.8, 4) is 11.1 Å². The van der Waals surface area contributed by atoms with Gasteiger partial charge in [-0.15, -0.1) is 0 Å². The van der Waals surface area contributed by atoms with Gasteiger partial charge in [0.1, 0.15) is 13.2 Å². The van der Waals surface area contributed by atoms with Gasteiger partial charge in [0.25, 0.3) is 0 Å². The van der Waals surface area contributed by atoms with Crippen LogP contribution in [0.25, 0.3) is 11.1 Å². The van der Waals surface area contributed by atoms with Crippen LogP contribution in [-0.4, -0.2) is 42.8 Å². The molecule has 29 heavy (non-hydrogen) atoms. The summed E-state index contributed by atoms with van der Waals surface area (Å²) in [5, 5.41) is 13.5. The molecule has 7 heteroatoms. The van der Waals surface area contributed by atoms with Crippen molar-refractivity contribution >= 4 is 18.0 Å². The summed E-state index contributed by atoms with van der Waals surface area (Å²) in [5.41, 5.74) is 4.68.